The number of benzene rings is 2. The summed E-state index contributed by atoms with van der Waals surface area (Å²) in [6.07, 6.45) is 9.22. The Morgan fingerprint density at radius 2 is 1.69 bits per heavy atom. The highest BCUT2D eigenvalue weighted by molar-refractivity contribution is 7.89. The molecule has 1 aliphatic carbocycles. The van der Waals surface area contributed by atoms with Crippen LogP contribution in [0.15, 0.2) is 53.4 Å². The maximum atomic E-state index is 13.1. The molecule has 1 aliphatic heterocycles. The normalized spacial score (nSPS) is 17.2. The van der Waals surface area contributed by atoms with Gasteiger partial charge in [-0.25, -0.2) is 8.42 Å². The van der Waals surface area contributed by atoms with Gasteiger partial charge in [-0.15, -0.1) is 0 Å². The van der Waals surface area contributed by atoms with E-state index in [1.807, 2.05) is 23.1 Å². The first-order valence-electron chi connectivity index (χ1n) is 12.2. The van der Waals surface area contributed by atoms with Crippen LogP contribution in [0.5, 0.6) is 11.5 Å². The van der Waals surface area contributed by atoms with Gasteiger partial charge >= 0.3 is 0 Å². The van der Waals surface area contributed by atoms with E-state index in [1.54, 1.807) is 54.9 Å². The Kier molecular flexibility index (Phi) is 8.13. The summed E-state index contributed by atoms with van der Waals surface area (Å²) < 4.78 is 38.4. The number of hydrogen-bond acceptors (Lipinski definition) is 5. The predicted octanol–water partition coefficient (Wildman–Crippen LogP) is 4.47. The fourth-order valence-corrected chi connectivity index (χ4v) is 5.92. The van der Waals surface area contributed by atoms with Crippen LogP contribution in [0, 0.1) is 0 Å². The van der Waals surface area contributed by atoms with Crippen LogP contribution in [0.3, 0.4) is 0 Å². The number of carbonyl (C=O) groups is 1. The average molecular weight is 499 g/mol. The molecular formula is C27H34N2O5S. The maximum Gasteiger partial charge on any atom is 0.247 e. The Bertz CT molecular complexity index is 1150. The third kappa shape index (κ3) is 6.24. The van der Waals surface area contributed by atoms with E-state index >= 15 is 0 Å². The standard InChI is InChI=1S/C27H34N2O5S/c1-33-24-12-15-26(34-2)22(19-24)20-29(23-10-11-23)27(30)16-9-21-7-13-25(14-8-21)35(31,32)28-17-5-3-4-6-18-28/h7-9,12-16,19,23H,3-6,10-11,17-18,20H2,1-2H3/b16-9+. The summed E-state index contributed by atoms with van der Waals surface area (Å²) in [5, 5.41) is 0. The van der Waals surface area contributed by atoms with Crippen molar-refractivity contribution in [2.45, 2.75) is 56.0 Å². The van der Waals surface area contributed by atoms with E-state index in [9.17, 15) is 13.2 Å². The molecule has 1 amide bonds. The lowest BCUT2D eigenvalue weighted by atomic mass is 10.1. The van der Waals surface area contributed by atoms with Crippen molar-refractivity contribution in [2.24, 2.45) is 0 Å². The lowest BCUT2D eigenvalue weighted by Gasteiger charge is -2.22. The Labute approximate surface area is 208 Å². The summed E-state index contributed by atoms with van der Waals surface area (Å²) >= 11 is 0. The average Bonchev–Trinajstić information content (AvgIpc) is 3.73. The molecule has 0 unspecified atom stereocenters. The first-order chi connectivity index (χ1) is 16.9. The zero-order chi connectivity index (χ0) is 24.8. The van der Waals surface area contributed by atoms with Crippen molar-refractivity contribution in [3.63, 3.8) is 0 Å². The second-order valence-electron chi connectivity index (χ2n) is 9.10. The lowest BCUT2D eigenvalue weighted by molar-refractivity contribution is -0.127. The number of rotatable bonds is 9. The zero-order valence-corrected chi connectivity index (χ0v) is 21.3. The van der Waals surface area contributed by atoms with Gasteiger partial charge in [0.2, 0.25) is 15.9 Å². The molecule has 1 heterocycles. The van der Waals surface area contributed by atoms with Gasteiger partial charge in [0.15, 0.2) is 0 Å². The van der Waals surface area contributed by atoms with Crippen LogP contribution in [0.2, 0.25) is 0 Å². The van der Waals surface area contributed by atoms with Gasteiger partial charge in [0.25, 0.3) is 0 Å². The molecule has 35 heavy (non-hydrogen) atoms. The van der Waals surface area contributed by atoms with Gasteiger partial charge in [-0.3, -0.25) is 4.79 Å². The summed E-state index contributed by atoms with van der Waals surface area (Å²) in [4.78, 5) is 15.2. The number of ether oxygens (including phenoxy) is 2. The quantitative estimate of drug-likeness (QED) is 0.477. The SMILES string of the molecule is COc1ccc(OC)c(CN(C(=O)/C=C/c2ccc(S(=O)(=O)N3CCCCCC3)cc2)C2CC2)c1. The molecule has 0 atom stereocenters. The van der Waals surface area contributed by atoms with E-state index in [2.05, 4.69) is 0 Å². The first kappa shape index (κ1) is 25.3. The number of methoxy groups -OCH3 is 2. The Hall–Kier alpha value is -2.84. The van der Waals surface area contributed by atoms with Crippen molar-refractivity contribution >= 4 is 22.0 Å². The van der Waals surface area contributed by atoms with Crippen LogP contribution in [0.4, 0.5) is 0 Å². The molecule has 2 aliphatic rings. The van der Waals surface area contributed by atoms with Crippen molar-refractivity contribution < 1.29 is 22.7 Å². The van der Waals surface area contributed by atoms with Crippen LogP contribution in [-0.4, -0.2) is 56.9 Å². The van der Waals surface area contributed by atoms with Gasteiger partial charge < -0.3 is 14.4 Å². The minimum atomic E-state index is -3.48. The summed E-state index contributed by atoms with van der Waals surface area (Å²) in [5.41, 5.74) is 1.67. The second kappa shape index (κ2) is 11.3. The minimum absolute atomic E-state index is 0.0846. The number of carbonyl (C=O) groups excluding carboxylic acids is 1. The first-order valence-corrected chi connectivity index (χ1v) is 13.7. The molecular weight excluding hydrogens is 464 g/mol. The highest BCUT2D eigenvalue weighted by Crippen LogP contribution is 2.32. The topological polar surface area (TPSA) is 76.1 Å². The summed E-state index contributed by atoms with van der Waals surface area (Å²) in [7, 11) is -0.255. The third-order valence-electron chi connectivity index (χ3n) is 6.60. The highest BCUT2D eigenvalue weighted by Gasteiger charge is 2.32. The molecule has 0 radical (unpaired) electrons. The molecule has 1 saturated heterocycles. The van der Waals surface area contributed by atoms with Crippen molar-refractivity contribution in [3.8, 4) is 11.5 Å². The van der Waals surface area contributed by atoms with E-state index in [-0.39, 0.29) is 11.9 Å². The molecule has 2 aromatic rings. The molecule has 8 heteroatoms. The minimum Gasteiger partial charge on any atom is -0.497 e. The van der Waals surface area contributed by atoms with Gasteiger partial charge in [0.05, 0.1) is 25.7 Å². The molecule has 2 aromatic carbocycles. The van der Waals surface area contributed by atoms with Crippen molar-refractivity contribution in [3.05, 3.63) is 59.7 Å². The van der Waals surface area contributed by atoms with Gasteiger partial charge in [0, 0.05) is 30.8 Å². The molecule has 0 bridgehead atoms. The van der Waals surface area contributed by atoms with E-state index in [0.29, 0.717) is 24.5 Å². The number of sulfonamides is 1. The third-order valence-corrected chi connectivity index (χ3v) is 8.51. The van der Waals surface area contributed by atoms with E-state index in [0.717, 1.165) is 61.2 Å². The van der Waals surface area contributed by atoms with Crippen LogP contribution >= 0.6 is 0 Å². The lowest BCUT2D eigenvalue weighted by Crippen LogP contribution is -2.31. The fraction of sp³-hybridized carbons (Fsp3) is 0.444. The smallest absolute Gasteiger partial charge is 0.247 e. The summed E-state index contributed by atoms with van der Waals surface area (Å²) in [6.45, 7) is 1.59. The largest absolute Gasteiger partial charge is 0.497 e. The molecule has 188 valence electrons. The van der Waals surface area contributed by atoms with Crippen LogP contribution in [0.25, 0.3) is 6.08 Å². The molecule has 0 N–H and O–H groups in total. The molecule has 7 nitrogen and oxygen atoms in total. The van der Waals surface area contributed by atoms with E-state index in [1.165, 1.54) is 0 Å². The zero-order valence-electron chi connectivity index (χ0n) is 20.5. The predicted molar refractivity (Wildman–Crippen MR) is 136 cm³/mol. The van der Waals surface area contributed by atoms with Crippen LogP contribution < -0.4 is 9.47 Å². The molecule has 1 saturated carbocycles. The van der Waals surface area contributed by atoms with E-state index < -0.39 is 10.0 Å². The highest BCUT2D eigenvalue weighted by atomic mass is 32.2. The number of amides is 1. The van der Waals surface area contributed by atoms with Gasteiger partial charge in [-0.1, -0.05) is 25.0 Å². The monoisotopic (exact) mass is 498 g/mol. The summed E-state index contributed by atoms with van der Waals surface area (Å²) in [6, 6.07) is 12.6. The molecule has 2 fully saturated rings. The summed E-state index contributed by atoms with van der Waals surface area (Å²) in [5.74, 6) is 1.35. The van der Waals surface area contributed by atoms with Gasteiger partial charge in [0.1, 0.15) is 11.5 Å². The maximum absolute atomic E-state index is 13.1. The van der Waals surface area contributed by atoms with Crippen LogP contribution in [0.1, 0.15) is 49.7 Å². The molecule has 4 rings (SSSR count). The second-order valence-corrected chi connectivity index (χ2v) is 11.0. The molecule has 0 aromatic heterocycles. The van der Waals surface area contributed by atoms with Gasteiger partial charge in [-0.05, 0) is 67.7 Å². The molecule has 0 spiro atoms. The Morgan fingerprint density at radius 1 is 1.00 bits per heavy atom. The fourth-order valence-electron chi connectivity index (χ4n) is 4.41. The van der Waals surface area contributed by atoms with Crippen molar-refractivity contribution in [2.75, 3.05) is 27.3 Å². The number of hydrogen-bond donors (Lipinski definition) is 0. The van der Waals surface area contributed by atoms with Gasteiger partial charge in [-0.2, -0.15) is 4.31 Å². The van der Waals surface area contributed by atoms with Crippen molar-refractivity contribution in [1.82, 2.24) is 9.21 Å². The Morgan fingerprint density at radius 3 is 2.29 bits per heavy atom. The number of nitrogens with zero attached hydrogens (tertiary/aromatic N) is 2. The Balaban J connectivity index is 1.45. The van der Waals surface area contributed by atoms with Crippen LogP contribution in [-0.2, 0) is 21.4 Å². The van der Waals surface area contributed by atoms with E-state index in [4.69, 9.17) is 9.47 Å². The van der Waals surface area contributed by atoms with Crippen molar-refractivity contribution in [1.29, 1.82) is 0 Å².